The van der Waals surface area contributed by atoms with Gasteiger partial charge in [-0.05, 0) is 12.1 Å². The number of aromatic nitrogens is 3. The zero-order valence-electron chi connectivity index (χ0n) is 9.95. The fraction of sp³-hybridized carbons (Fsp3) is 0.0714. The van der Waals surface area contributed by atoms with Gasteiger partial charge in [-0.3, -0.25) is 4.79 Å². The molecule has 3 aromatic rings. The highest BCUT2D eigenvalue weighted by Gasteiger charge is 2.06. The summed E-state index contributed by atoms with van der Waals surface area (Å²) in [7, 11) is 0. The number of hydrogen-bond acceptors (Lipinski definition) is 3. The summed E-state index contributed by atoms with van der Waals surface area (Å²) in [5.41, 5.74) is 0.645. The minimum atomic E-state index is -0.127. The summed E-state index contributed by atoms with van der Waals surface area (Å²) in [6.45, 7) is 0.316. The van der Waals surface area contributed by atoms with Crippen LogP contribution in [0.15, 0.2) is 53.6 Å². The lowest BCUT2D eigenvalue weighted by Gasteiger charge is -2.06. The lowest BCUT2D eigenvalue weighted by molar-refractivity contribution is 0.646. The smallest absolute Gasteiger partial charge is 0.267 e. The third-order valence-corrected chi connectivity index (χ3v) is 3.26. The molecule has 0 atom stereocenters. The Hall–Kier alpha value is -2.20. The fourth-order valence-electron chi connectivity index (χ4n) is 1.94. The van der Waals surface area contributed by atoms with Gasteiger partial charge in [-0.25, -0.2) is 9.67 Å². The van der Waals surface area contributed by atoms with Gasteiger partial charge in [-0.2, -0.15) is 5.10 Å². The molecule has 0 amide bonds. The van der Waals surface area contributed by atoms with Crippen LogP contribution in [0.3, 0.4) is 0 Å². The maximum absolute atomic E-state index is 12.3. The molecule has 19 heavy (non-hydrogen) atoms. The highest BCUT2D eigenvalue weighted by molar-refractivity contribution is 6.30. The molecular weight excluding hydrogens is 262 g/mol. The van der Waals surface area contributed by atoms with Crippen molar-refractivity contribution in [2.45, 2.75) is 6.54 Å². The molecule has 0 aliphatic heterocycles. The van der Waals surface area contributed by atoms with Crippen molar-refractivity contribution in [3.63, 3.8) is 0 Å². The van der Waals surface area contributed by atoms with E-state index in [9.17, 15) is 4.79 Å². The number of pyridine rings is 1. The predicted octanol–water partition coefficient (Wildman–Crippen LogP) is 2.49. The van der Waals surface area contributed by atoms with Crippen molar-refractivity contribution < 1.29 is 0 Å². The first-order chi connectivity index (χ1) is 9.25. The highest BCUT2D eigenvalue weighted by Crippen LogP contribution is 2.13. The van der Waals surface area contributed by atoms with Crippen LogP contribution < -0.4 is 5.56 Å². The zero-order valence-corrected chi connectivity index (χ0v) is 10.7. The first-order valence-corrected chi connectivity index (χ1v) is 6.18. The van der Waals surface area contributed by atoms with Gasteiger partial charge in [0, 0.05) is 17.1 Å². The van der Waals surface area contributed by atoms with Gasteiger partial charge in [0.15, 0.2) is 0 Å². The Morgan fingerprint density at radius 2 is 2.00 bits per heavy atom. The van der Waals surface area contributed by atoms with E-state index in [1.54, 1.807) is 24.5 Å². The molecule has 0 N–H and O–H groups in total. The Morgan fingerprint density at radius 3 is 2.84 bits per heavy atom. The molecule has 1 aromatic carbocycles. The van der Waals surface area contributed by atoms with Gasteiger partial charge >= 0.3 is 0 Å². The molecule has 0 bridgehead atoms. The largest absolute Gasteiger partial charge is 0.274 e. The van der Waals surface area contributed by atoms with Crippen LogP contribution in [0.1, 0.15) is 5.56 Å². The van der Waals surface area contributed by atoms with Crippen LogP contribution >= 0.6 is 11.6 Å². The number of rotatable bonds is 2. The zero-order chi connectivity index (χ0) is 13.2. The maximum atomic E-state index is 12.3. The molecular formula is C14H10ClN3O. The molecule has 0 fully saturated rings. The van der Waals surface area contributed by atoms with E-state index in [0.29, 0.717) is 17.1 Å². The Morgan fingerprint density at radius 1 is 1.16 bits per heavy atom. The molecule has 3 rings (SSSR count). The van der Waals surface area contributed by atoms with Crippen molar-refractivity contribution in [1.29, 1.82) is 0 Å². The Labute approximate surface area is 114 Å². The van der Waals surface area contributed by atoms with E-state index >= 15 is 0 Å². The first-order valence-electron chi connectivity index (χ1n) is 5.80. The number of fused-ring (bicyclic) bond motifs is 1. The highest BCUT2D eigenvalue weighted by atomic mass is 35.5. The SMILES string of the molecule is O=c1c2ccccc2cnn1Cc1cccnc1Cl. The Balaban J connectivity index is 2.10. The molecule has 0 radical (unpaired) electrons. The van der Waals surface area contributed by atoms with E-state index in [1.165, 1.54) is 4.68 Å². The van der Waals surface area contributed by atoms with Crippen LogP contribution in [-0.4, -0.2) is 14.8 Å². The minimum Gasteiger partial charge on any atom is -0.267 e. The van der Waals surface area contributed by atoms with Crippen LogP contribution in [0.5, 0.6) is 0 Å². The molecule has 0 aliphatic carbocycles. The summed E-state index contributed by atoms with van der Waals surface area (Å²) >= 11 is 5.99. The molecule has 0 spiro atoms. The van der Waals surface area contributed by atoms with Crippen molar-refractivity contribution in [1.82, 2.24) is 14.8 Å². The van der Waals surface area contributed by atoms with Gasteiger partial charge in [0.05, 0.1) is 18.1 Å². The Bertz CT molecular complexity index is 798. The van der Waals surface area contributed by atoms with Crippen molar-refractivity contribution in [3.05, 3.63) is 69.9 Å². The molecule has 2 heterocycles. The van der Waals surface area contributed by atoms with Gasteiger partial charge < -0.3 is 0 Å². The van der Waals surface area contributed by atoms with Gasteiger partial charge in [-0.15, -0.1) is 0 Å². The summed E-state index contributed by atoms with van der Waals surface area (Å²) in [5, 5.41) is 6.04. The monoisotopic (exact) mass is 271 g/mol. The second-order valence-corrected chi connectivity index (χ2v) is 4.51. The molecule has 0 saturated heterocycles. The number of benzene rings is 1. The third-order valence-electron chi connectivity index (χ3n) is 2.92. The van der Waals surface area contributed by atoms with E-state index in [-0.39, 0.29) is 5.56 Å². The van der Waals surface area contributed by atoms with E-state index in [0.717, 1.165) is 10.9 Å². The molecule has 94 valence electrons. The summed E-state index contributed by atoms with van der Waals surface area (Å²) in [6, 6.07) is 11.0. The average molecular weight is 272 g/mol. The van der Waals surface area contributed by atoms with E-state index in [1.807, 2.05) is 24.3 Å². The van der Waals surface area contributed by atoms with Crippen LogP contribution in [0.4, 0.5) is 0 Å². The van der Waals surface area contributed by atoms with Crippen molar-refractivity contribution in [2.75, 3.05) is 0 Å². The molecule has 5 heteroatoms. The standard InChI is InChI=1S/C14H10ClN3O/c15-13-11(5-3-7-16-13)9-18-14(19)12-6-2-1-4-10(12)8-17-18/h1-8H,9H2. The van der Waals surface area contributed by atoms with Crippen molar-refractivity contribution in [2.24, 2.45) is 0 Å². The topological polar surface area (TPSA) is 47.8 Å². The molecule has 4 nitrogen and oxygen atoms in total. The van der Waals surface area contributed by atoms with Crippen molar-refractivity contribution >= 4 is 22.4 Å². The van der Waals surface area contributed by atoms with Crippen LogP contribution in [0.2, 0.25) is 5.15 Å². The van der Waals surface area contributed by atoms with Gasteiger partial charge in [0.2, 0.25) is 0 Å². The van der Waals surface area contributed by atoms with Gasteiger partial charge in [0.1, 0.15) is 5.15 Å². The van der Waals surface area contributed by atoms with Crippen LogP contribution in [0.25, 0.3) is 10.8 Å². The lowest BCUT2D eigenvalue weighted by Crippen LogP contribution is -2.23. The third kappa shape index (κ3) is 2.22. The van der Waals surface area contributed by atoms with Crippen molar-refractivity contribution in [3.8, 4) is 0 Å². The second kappa shape index (κ2) is 4.82. The average Bonchev–Trinajstić information content (AvgIpc) is 2.44. The van der Waals surface area contributed by atoms with Gasteiger partial charge in [0.25, 0.3) is 5.56 Å². The normalized spacial score (nSPS) is 10.8. The molecule has 0 aliphatic rings. The van der Waals surface area contributed by atoms with E-state index < -0.39 is 0 Å². The van der Waals surface area contributed by atoms with Gasteiger partial charge in [-0.1, -0.05) is 35.9 Å². The predicted molar refractivity (Wildman–Crippen MR) is 74.4 cm³/mol. The molecule has 0 unspecified atom stereocenters. The Kier molecular flexibility index (Phi) is 3.01. The first kappa shape index (κ1) is 11.9. The molecule has 0 saturated carbocycles. The maximum Gasteiger partial charge on any atom is 0.274 e. The fourth-order valence-corrected chi connectivity index (χ4v) is 2.12. The number of nitrogens with zero attached hydrogens (tertiary/aromatic N) is 3. The molecule has 2 aromatic heterocycles. The summed E-state index contributed by atoms with van der Waals surface area (Å²) < 4.78 is 1.39. The number of halogens is 1. The minimum absolute atomic E-state index is 0.127. The van der Waals surface area contributed by atoms with E-state index in [4.69, 9.17) is 11.6 Å². The number of hydrogen-bond donors (Lipinski definition) is 0. The quantitative estimate of drug-likeness (QED) is 0.673. The summed E-state index contributed by atoms with van der Waals surface area (Å²) in [4.78, 5) is 16.3. The van der Waals surface area contributed by atoms with Crippen LogP contribution in [0, 0.1) is 0 Å². The van der Waals surface area contributed by atoms with Crippen LogP contribution in [-0.2, 0) is 6.54 Å². The lowest BCUT2D eigenvalue weighted by atomic mass is 10.2. The second-order valence-electron chi connectivity index (χ2n) is 4.15. The summed E-state index contributed by atoms with van der Waals surface area (Å²) in [5.74, 6) is 0. The summed E-state index contributed by atoms with van der Waals surface area (Å²) in [6.07, 6.45) is 3.30. The van der Waals surface area contributed by atoms with E-state index in [2.05, 4.69) is 10.1 Å².